The van der Waals surface area contributed by atoms with E-state index in [1.165, 1.54) is 35.9 Å². The summed E-state index contributed by atoms with van der Waals surface area (Å²) in [7, 11) is 0. The third kappa shape index (κ3) is 3.66. The van der Waals surface area contributed by atoms with Crippen LogP contribution in [0.4, 0.5) is 0 Å². The molecule has 0 radical (unpaired) electrons. The van der Waals surface area contributed by atoms with Gasteiger partial charge in [-0.2, -0.15) is 0 Å². The van der Waals surface area contributed by atoms with Crippen LogP contribution in [0, 0.1) is 0 Å². The van der Waals surface area contributed by atoms with Gasteiger partial charge in [-0.05, 0) is 29.7 Å². The average molecular weight is 354 g/mol. The summed E-state index contributed by atoms with van der Waals surface area (Å²) in [6, 6.07) is 30.0. The van der Waals surface area contributed by atoms with Gasteiger partial charge in [0, 0.05) is 6.54 Å². The minimum absolute atomic E-state index is 0.140. The predicted molar refractivity (Wildman–Crippen MR) is 113 cm³/mol. The minimum atomic E-state index is 0.140. The van der Waals surface area contributed by atoms with Crippen LogP contribution in [0.15, 0.2) is 84.9 Å². The quantitative estimate of drug-likeness (QED) is 0.351. The molecule has 0 spiro atoms. The molecule has 0 N–H and O–H groups in total. The van der Waals surface area contributed by atoms with E-state index in [0.717, 1.165) is 17.9 Å². The second kappa shape index (κ2) is 8.22. The fourth-order valence-electron chi connectivity index (χ4n) is 3.85. The topological polar surface area (TPSA) is 17.8 Å². The first kappa shape index (κ1) is 17.5. The van der Waals surface area contributed by atoms with E-state index in [2.05, 4.69) is 96.4 Å². The lowest BCUT2D eigenvalue weighted by molar-refractivity contribution is 0.587. The molecule has 0 aliphatic carbocycles. The van der Waals surface area contributed by atoms with Gasteiger partial charge in [-0.1, -0.05) is 92.6 Å². The SMILES string of the molecule is CCCCCn1c(C(c2ccccc2)c2ccccc2)nc2ccccc21. The molecule has 4 aromatic rings. The van der Waals surface area contributed by atoms with Crippen LogP contribution in [0.25, 0.3) is 11.0 Å². The smallest absolute Gasteiger partial charge is 0.121 e. The van der Waals surface area contributed by atoms with E-state index >= 15 is 0 Å². The van der Waals surface area contributed by atoms with E-state index in [1.807, 2.05) is 0 Å². The highest BCUT2D eigenvalue weighted by Crippen LogP contribution is 2.33. The normalized spacial score (nSPS) is 11.3. The molecule has 0 aliphatic rings. The molecule has 0 amide bonds. The number of unbranched alkanes of at least 4 members (excludes halogenated alkanes) is 2. The Kier molecular flexibility index (Phi) is 5.34. The van der Waals surface area contributed by atoms with Gasteiger partial charge in [-0.25, -0.2) is 4.98 Å². The molecular formula is C25H26N2. The third-order valence-electron chi connectivity index (χ3n) is 5.19. The Morgan fingerprint density at radius 1 is 0.741 bits per heavy atom. The van der Waals surface area contributed by atoms with Gasteiger partial charge in [0.25, 0.3) is 0 Å². The molecule has 1 heterocycles. The highest BCUT2D eigenvalue weighted by atomic mass is 15.1. The Balaban J connectivity index is 1.89. The molecule has 4 rings (SSSR count). The maximum Gasteiger partial charge on any atom is 0.121 e. The van der Waals surface area contributed by atoms with Gasteiger partial charge in [-0.3, -0.25) is 0 Å². The maximum atomic E-state index is 5.11. The number of aromatic nitrogens is 2. The Bertz CT molecular complexity index is 947. The van der Waals surface area contributed by atoms with Crippen molar-refractivity contribution in [1.29, 1.82) is 0 Å². The minimum Gasteiger partial charge on any atom is -0.327 e. The van der Waals surface area contributed by atoms with Crippen LogP contribution >= 0.6 is 0 Å². The lowest BCUT2D eigenvalue weighted by atomic mass is 9.90. The standard InChI is InChI=1S/C25H26N2/c1-2-3-12-19-27-23-18-11-10-17-22(23)26-25(27)24(20-13-6-4-7-14-20)21-15-8-5-9-16-21/h4-11,13-18,24H,2-3,12,19H2,1H3. The van der Waals surface area contributed by atoms with Crippen molar-refractivity contribution in [3.8, 4) is 0 Å². The largest absolute Gasteiger partial charge is 0.327 e. The van der Waals surface area contributed by atoms with Crippen LogP contribution in [0.3, 0.4) is 0 Å². The van der Waals surface area contributed by atoms with Crippen LogP contribution in [0.1, 0.15) is 49.1 Å². The molecule has 0 fully saturated rings. The number of imidazole rings is 1. The monoisotopic (exact) mass is 354 g/mol. The van der Waals surface area contributed by atoms with Crippen molar-refractivity contribution in [3.05, 3.63) is 102 Å². The van der Waals surface area contributed by atoms with Crippen LogP contribution in [-0.4, -0.2) is 9.55 Å². The van der Waals surface area contributed by atoms with Crippen molar-refractivity contribution < 1.29 is 0 Å². The summed E-state index contributed by atoms with van der Waals surface area (Å²) in [6.07, 6.45) is 3.65. The molecule has 136 valence electrons. The zero-order valence-corrected chi connectivity index (χ0v) is 15.9. The van der Waals surface area contributed by atoms with Crippen molar-refractivity contribution >= 4 is 11.0 Å². The highest BCUT2D eigenvalue weighted by molar-refractivity contribution is 5.76. The van der Waals surface area contributed by atoms with Gasteiger partial charge in [0.2, 0.25) is 0 Å². The molecule has 0 aliphatic heterocycles. The van der Waals surface area contributed by atoms with Gasteiger partial charge in [0.05, 0.1) is 17.0 Å². The number of para-hydroxylation sites is 2. The molecule has 0 saturated heterocycles. The average Bonchev–Trinajstić information content (AvgIpc) is 3.08. The molecule has 3 aromatic carbocycles. The van der Waals surface area contributed by atoms with Gasteiger partial charge in [0.1, 0.15) is 5.82 Å². The summed E-state index contributed by atoms with van der Waals surface area (Å²) >= 11 is 0. The number of nitrogens with zero attached hydrogens (tertiary/aromatic N) is 2. The Morgan fingerprint density at radius 3 is 1.96 bits per heavy atom. The maximum absolute atomic E-state index is 5.11. The van der Waals surface area contributed by atoms with E-state index in [1.54, 1.807) is 0 Å². The highest BCUT2D eigenvalue weighted by Gasteiger charge is 2.23. The first-order valence-corrected chi connectivity index (χ1v) is 9.93. The van der Waals surface area contributed by atoms with E-state index in [-0.39, 0.29) is 5.92 Å². The van der Waals surface area contributed by atoms with Gasteiger partial charge in [-0.15, -0.1) is 0 Å². The Labute approximate surface area is 161 Å². The van der Waals surface area contributed by atoms with E-state index in [0.29, 0.717) is 0 Å². The lowest BCUT2D eigenvalue weighted by Crippen LogP contribution is -2.12. The Morgan fingerprint density at radius 2 is 1.33 bits per heavy atom. The summed E-state index contributed by atoms with van der Waals surface area (Å²) in [6.45, 7) is 3.27. The summed E-state index contributed by atoms with van der Waals surface area (Å²) < 4.78 is 2.44. The molecular weight excluding hydrogens is 328 g/mol. The summed E-state index contributed by atoms with van der Waals surface area (Å²) in [5, 5.41) is 0. The zero-order valence-electron chi connectivity index (χ0n) is 15.9. The van der Waals surface area contributed by atoms with Crippen LogP contribution in [0.2, 0.25) is 0 Å². The first-order chi connectivity index (χ1) is 13.4. The number of fused-ring (bicyclic) bond motifs is 1. The van der Waals surface area contributed by atoms with Gasteiger partial charge >= 0.3 is 0 Å². The fourth-order valence-corrected chi connectivity index (χ4v) is 3.85. The molecule has 27 heavy (non-hydrogen) atoms. The van der Waals surface area contributed by atoms with E-state index < -0.39 is 0 Å². The van der Waals surface area contributed by atoms with Crippen LogP contribution < -0.4 is 0 Å². The van der Waals surface area contributed by atoms with Crippen molar-refractivity contribution in [2.24, 2.45) is 0 Å². The number of hydrogen-bond acceptors (Lipinski definition) is 1. The summed E-state index contributed by atoms with van der Waals surface area (Å²) in [5.41, 5.74) is 4.90. The van der Waals surface area contributed by atoms with Crippen molar-refractivity contribution in [1.82, 2.24) is 9.55 Å². The molecule has 2 nitrogen and oxygen atoms in total. The molecule has 0 atom stereocenters. The van der Waals surface area contributed by atoms with E-state index in [4.69, 9.17) is 4.98 Å². The van der Waals surface area contributed by atoms with Gasteiger partial charge < -0.3 is 4.57 Å². The molecule has 1 aromatic heterocycles. The second-order valence-electron chi connectivity index (χ2n) is 7.07. The molecule has 0 unspecified atom stereocenters. The third-order valence-corrected chi connectivity index (χ3v) is 5.19. The molecule has 0 saturated carbocycles. The van der Waals surface area contributed by atoms with Crippen LogP contribution in [-0.2, 0) is 6.54 Å². The molecule has 2 heteroatoms. The zero-order chi connectivity index (χ0) is 18.5. The summed E-state index contributed by atoms with van der Waals surface area (Å²) in [5.74, 6) is 1.28. The number of rotatable bonds is 7. The number of benzene rings is 3. The van der Waals surface area contributed by atoms with Gasteiger partial charge in [0.15, 0.2) is 0 Å². The predicted octanol–water partition coefficient (Wildman–Crippen LogP) is 6.41. The number of hydrogen-bond donors (Lipinski definition) is 0. The first-order valence-electron chi connectivity index (χ1n) is 9.93. The number of aryl methyl sites for hydroxylation is 1. The van der Waals surface area contributed by atoms with Crippen molar-refractivity contribution in [2.45, 2.75) is 38.6 Å². The summed E-state index contributed by atoms with van der Waals surface area (Å²) in [4.78, 5) is 5.11. The van der Waals surface area contributed by atoms with E-state index in [9.17, 15) is 0 Å². The van der Waals surface area contributed by atoms with Crippen molar-refractivity contribution in [2.75, 3.05) is 0 Å². The van der Waals surface area contributed by atoms with Crippen LogP contribution in [0.5, 0.6) is 0 Å². The fraction of sp³-hybridized carbons (Fsp3) is 0.240. The Hall–Kier alpha value is -2.87. The lowest BCUT2D eigenvalue weighted by Gasteiger charge is -2.20. The van der Waals surface area contributed by atoms with Crippen molar-refractivity contribution in [3.63, 3.8) is 0 Å². The molecule has 0 bridgehead atoms. The second-order valence-corrected chi connectivity index (χ2v) is 7.07.